The molecule has 0 amide bonds. The molecule has 1 N–H and O–H groups in total. The first-order valence-corrected chi connectivity index (χ1v) is 5.41. The van der Waals surface area contributed by atoms with Crippen molar-refractivity contribution in [2.45, 2.75) is 6.54 Å². The fraction of sp³-hybridized carbons (Fsp3) is 0.154. The lowest BCUT2D eigenvalue weighted by Gasteiger charge is -2.08. The Morgan fingerprint density at radius 1 is 1.33 bits per heavy atom. The Labute approximate surface area is 105 Å². The first-order valence-electron chi connectivity index (χ1n) is 5.41. The molecule has 2 aromatic heterocycles. The molecule has 2 rings (SSSR count). The van der Waals surface area contributed by atoms with Gasteiger partial charge in [0.2, 0.25) is 5.88 Å². The molecule has 0 aromatic carbocycles. The molecule has 90 valence electrons. The summed E-state index contributed by atoms with van der Waals surface area (Å²) in [5.41, 5.74) is 2.13. The fourth-order valence-electron chi connectivity index (χ4n) is 1.51. The number of aromatic nitrogens is 2. The predicted octanol–water partition coefficient (Wildman–Crippen LogP) is 1.97. The second kappa shape index (κ2) is 5.64. The van der Waals surface area contributed by atoms with Crippen LogP contribution in [0, 0.1) is 11.3 Å². The van der Waals surface area contributed by atoms with E-state index in [2.05, 4.69) is 15.3 Å². The zero-order chi connectivity index (χ0) is 12.8. The standard InChI is InChI=1S/C13H12N4O/c1-18-13-7-10(4-6-16-13)9-17-11-3-2-5-15-12(11)8-14/h2-7,17H,9H2,1H3. The minimum Gasteiger partial charge on any atom is -0.481 e. The van der Waals surface area contributed by atoms with Gasteiger partial charge in [0.15, 0.2) is 5.69 Å². The normalized spacial score (nSPS) is 9.56. The van der Waals surface area contributed by atoms with Crippen LogP contribution in [-0.4, -0.2) is 17.1 Å². The number of anilines is 1. The van der Waals surface area contributed by atoms with Crippen molar-refractivity contribution in [2.75, 3.05) is 12.4 Å². The van der Waals surface area contributed by atoms with Crippen molar-refractivity contribution in [2.24, 2.45) is 0 Å². The highest BCUT2D eigenvalue weighted by Gasteiger charge is 2.02. The monoisotopic (exact) mass is 240 g/mol. The van der Waals surface area contributed by atoms with Crippen LogP contribution in [0.1, 0.15) is 11.3 Å². The highest BCUT2D eigenvalue weighted by molar-refractivity contribution is 5.53. The highest BCUT2D eigenvalue weighted by Crippen LogP contribution is 2.14. The molecule has 0 fully saturated rings. The van der Waals surface area contributed by atoms with Gasteiger partial charge in [0.05, 0.1) is 12.8 Å². The summed E-state index contributed by atoms with van der Waals surface area (Å²) in [6.07, 6.45) is 3.28. The summed E-state index contributed by atoms with van der Waals surface area (Å²) in [6, 6.07) is 9.38. The molecule has 0 aliphatic rings. The van der Waals surface area contributed by atoms with Gasteiger partial charge in [-0.1, -0.05) is 0 Å². The molecule has 2 aromatic rings. The maximum absolute atomic E-state index is 8.92. The van der Waals surface area contributed by atoms with Gasteiger partial charge in [0.25, 0.3) is 0 Å². The van der Waals surface area contributed by atoms with Crippen LogP contribution in [0.25, 0.3) is 0 Å². The molecule has 0 radical (unpaired) electrons. The number of nitrogens with one attached hydrogen (secondary N) is 1. The Morgan fingerprint density at radius 3 is 3.00 bits per heavy atom. The number of hydrogen-bond acceptors (Lipinski definition) is 5. The van der Waals surface area contributed by atoms with E-state index < -0.39 is 0 Å². The summed E-state index contributed by atoms with van der Waals surface area (Å²) in [6.45, 7) is 0.583. The lowest BCUT2D eigenvalue weighted by atomic mass is 10.2. The molecular weight excluding hydrogens is 228 g/mol. The van der Waals surface area contributed by atoms with E-state index in [9.17, 15) is 0 Å². The van der Waals surface area contributed by atoms with Gasteiger partial charge in [0, 0.05) is 25.0 Å². The van der Waals surface area contributed by atoms with Crippen molar-refractivity contribution in [3.63, 3.8) is 0 Å². The number of hydrogen-bond donors (Lipinski definition) is 1. The van der Waals surface area contributed by atoms with E-state index in [4.69, 9.17) is 10.00 Å². The van der Waals surface area contributed by atoms with Crippen LogP contribution in [0.5, 0.6) is 5.88 Å². The molecule has 0 aliphatic heterocycles. The van der Waals surface area contributed by atoms with Crippen molar-refractivity contribution >= 4 is 5.69 Å². The van der Waals surface area contributed by atoms with Gasteiger partial charge in [-0.2, -0.15) is 5.26 Å². The van der Waals surface area contributed by atoms with E-state index in [0.29, 0.717) is 18.1 Å². The molecule has 0 bridgehead atoms. The van der Waals surface area contributed by atoms with Gasteiger partial charge >= 0.3 is 0 Å². The number of ether oxygens (including phenoxy) is 1. The first-order chi connectivity index (χ1) is 8.83. The zero-order valence-corrected chi connectivity index (χ0v) is 9.92. The van der Waals surface area contributed by atoms with Gasteiger partial charge in [-0.05, 0) is 23.8 Å². The van der Waals surface area contributed by atoms with E-state index in [1.165, 1.54) is 0 Å². The molecule has 0 aliphatic carbocycles. The number of methoxy groups -OCH3 is 1. The molecule has 5 heteroatoms. The minimum absolute atomic E-state index is 0.388. The van der Waals surface area contributed by atoms with Crippen molar-refractivity contribution in [1.29, 1.82) is 5.26 Å². The van der Waals surface area contributed by atoms with Crippen LogP contribution in [0.15, 0.2) is 36.7 Å². The molecular formula is C13H12N4O. The van der Waals surface area contributed by atoms with E-state index in [0.717, 1.165) is 11.3 Å². The third kappa shape index (κ3) is 2.74. The van der Waals surface area contributed by atoms with Crippen LogP contribution < -0.4 is 10.1 Å². The molecule has 0 saturated heterocycles. The van der Waals surface area contributed by atoms with Gasteiger partial charge in [0.1, 0.15) is 6.07 Å². The number of rotatable bonds is 4. The molecule has 5 nitrogen and oxygen atoms in total. The van der Waals surface area contributed by atoms with Gasteiger partial charge in [-0.15, -0.1) is 0 Å². The van der Waals surface area contributed by atoms with Gasteiger partial charge in [-0.3, -0.25) is 0 Å². The Balaban J connectivity index is 2.09. The van der Waals surface area contributed by atoms with Crippen LogP contribution in [0.4, 0.5) is 5.69 Å². The maximum atomic E-state index is 8.92. The van der Waals surface area contributed by atoms with Crippen LogP contribution in [0.3, 0.4) is 0 Å². The average Bonchev–Trinajstić information content (AvgIpc) is 2.45. The van der Waals surface area contributed by atoms with Crippen LogP contribution in [0.2, 0.25) is 0 Å². The summed E-state index contributed by atoms with van der Waals surface area (Å²) < 4.78 is 5.05. The van der Waals surface area contributed by atoms with Gasteiger partial charge < -0.3 is 10.1 Å². The van der Waals surface area contributed by atoms with E-state index in [-0.39, 0.29) is 0 Å². The van der Waals surface area contributed by atoms with E-state index in [1.54, 1.807) is 25.6 Å². The van der Waals surface area contributed by atoms with Crippen LogP contribution in [-0.2, 0) is 6.54 Å². The largest absolute Gasteiger partial charge is 0.481 e. The molecule has 0 unspecified atom stereocenters. The van der Waals surface area contributed by atoms with E-state index in [1.807, 2.05) is 24.3 Å². The number of pyridine rings is 2. The van der Waals surface area contributed by atoms with Crippen LogP contribution >= 0.6 is 0 Å². The molecule has 18 heavy (non-hydrogen) atoms. The Bertz CT molecular complexity index is 577. The van der Waals surface area contributed by atoms with Gasteiger partial charge in [-0.25, -0.2) is 9.97 Å². The second-order valence-electron chi connectivity index (χ2n) is 3.57. The lowest BCUT2D eigenvalue weighted by molar-refractivity contribution is 0.397. The predicted molar refractivity (Wildman–Crippen MR) is 67.1 cm³/mol. The van der Waals surface area contributed by atoms with Crippen molar-refractivity contribution in [3.8, 4) is 11.9 Å². The summed E-state index contributed by atoms with van der Waals surface area (Å²) in [4.78, 5) is 8.01. The Kier molecular flexibility index (Phi) is 3.72. The topological polar surface area (TPSA) is 70.8 Å². The SMILES string of the molecule is COc1cc(CNc2cccnc2C#N)ccn1. The molecule has 2 heterocycles. The summed E-state index contributed by atoms with van der Waals surface area (Å²) >= 11 is 0. The smallest absolute Gasteiger partial charge is 0.213 e. The van der Waals surface area contributed by atoms with Crippen molar-refractivity contribution < 1.29 is 4.74 Å². The first kappa shape index (κ1) is 11.9. The summed E-state index contributed by atoms with van der Waals surface area (Å²) in [5, 5.41) is 12.1. The Morgan fingerprint density at radius 2 is 2.22 bits per heavy atom. The van der Waals surface area contributed by atoms with Crippen molar-refractivity contribution in [3.05, 3.63) is 47.9 Å². The average molecular weight is 240 g/mol. The van der Waals surface area contributed by atoms with E-state index >= 15 is 0 Å². The highest BCUT2D eigenvalue weighted by atomic mass is 16.5. The minimum atomic E-state index is 0.388. The summed E-state index contributed by atoms with van der Waals surface area (Å²) in [7, 11) is 1.58. The number of nitrogens with zero attached hydrogens (tertiary/aromatic N) is 3. The molecule has 0 atom stereocenters. The zero-order valence-electron chi connectivity index (χ0n) is 9.92. The molecule has 0 saturated carbocycles. The maximum Gasteiger partial charge on any atom is 0.213 e. The fourth-order valence-corrected chi connectivity index (χ4v) is 1.51. The third-order valence-corrected chi connectivity index (χ3v) is 2.40. The molecule has 0 spiro atoms. The second-order valence-corrected chi connectivity index (χ2v) is 3.57. The Hall–Kier alpha value is -2.61. The quantitative estimate of drug-likeness (QED) is 0.884. The number of nitriles is 1. The third-order valence-electron chi connectivity index (χ3n) is 2.40. The van der Waals surface area contributed by atoms with Crippen molar-refractivity contribution in [1.82, 2.24) is 9.97 Å². The lowest BCUT2D eigenvalue weighted by Crippen LogP contribution is -2.02. The summed E-state index contributed by atoms with van der Waals surface area (Å²) in [5.74, 6) is 0.570.